The summed E-state index contributed by atoms with van der Waals surface area (Å²) < 4.78 is 15.8. The quantitative estimate of drug-likeness (QED) is 0.595. The number of benzene rings is 2. The minimum atomic E-state index is -0.507. The first-order valence-corrected chi connectivity index (χ1v) is 7.75. The lowest BCUT2D eigenvalue weighted by atomic mass is 10.2. The Kier molecular flexibility index (Phi) is 5.95. The molecule has 2 aromatic rings. The van der Waals surface area contributed by atoms with E-state index in [2.05, 4.69) is 0 Å². The summed E-state index contributed by atoms with van der Waals surface area (Å²) >= 11 is 0. The summed E-state index contributed by atoms with van der Waals surface area (Å²) in [4.78, 5) is 24.0. The fourth-order valence-corrected chi connectivity index (χ4v) is 1.99. The van der Waals surface area contributed by atoms with E-state index in [4.69, 9.17) is 14.2 Å². The Morgan fingerprint density at radius 3 is 2.25 bits per heavy atom. The van der Waals surface area contributed by atoms with Gasteiger partial charge in [-0.1, -0.05) is 6.07 Å². The van der Waals surface area contributed by atoms with Gasteiger partial charge in [-0.3, -0.25) is 0 Å². The summed E-state index contributed by atoms with van der Waals surface area (Å²) in [7, 11) is 0. The Labute approximate surface area is 141 Å². The van der Waals surface area contributed by atoms with Gasteiger partial charge >= 0.3 is 11.9 Å². The average Bonchev–Trinajstić information content (AvgIpc) is 2.55. The van der Waals surface area contributed by atoms with Gasteiger partial charge in [0.1, 0.15) is 11.5 Å². The van der Waals surface area contributed by atoms with E-state index in [1.54, 1.807) is 56.3 Å². The molecule has 0 spiro atoms. The zero-order valence-corrected chi connectivity index (χ0v) is 13.9. The third-order valence-electron chi connectivity index (χ3n) is 3.02. The summed E-state index contributed by atoms with van der Waals surface area (Å²) in [6.45, 7) is 5.99. The highest BCUT2D eigenvalue weighted by Crippen LogP contribution is 2.18. The van der Waals surface area contributed by atoms with Crippen molar-refractivity contribution in [2.75, 3.05) is 6.61 Å². The molecule has 2 aromatic carbocycles. The number of carbonyl (C=O) groups excluding carboxylic acids is 2. The van der Waals surface area contributed by atoms with E-state index in [9.17, 15) is 9.59 Å². The van der Waals surface area contributed by atoms with Crippen LogP contribution in [0.15, 0.2) is 48.5 Å². The van der Waals surface area contributed by atoms with Crippen LogP contribution in [0.25, 0.3) is 0 Å². The van der Waals surface area contributed by atoms with Gasteiger partial charge in [0.25, 0.3) is 0 Å². The minimum absolute atomic E-state index is 0.215. The van der Waals surface area contributed by atoms with Crippen LogP contribution in [0.4, 0.5) is 0 Å². The number of carbonyl (C=O) groups is 2. The van der Waals surface area contributed by atoms with Crippen LogP contribution in [0.5, 0.6) is 11.5 Å². The Hall–Kier alpha value is -2.82. The molecule has 126 valence electrons. The van der Waals surface area contributed by atoms with Crippen LogP contribution in [0.2, 0.25) is 0 Å². The maximum atomic E-state index is 12.2. The van der Waals surface area contributed by atoms with Gasteiger partial charge in [0, 0.05) is 0 Å². The summed E-state index contributed by atoms with van der Waals surface area (Å²) in [5, 5.41) is 0. The lowest BCUT2D eigenvalue weighted by Gasteiger charge is -2.09. The lowest BCUT2D eigenvalue weighted by Crippen LogP contribution is -2.12. The molecule has 0 saturated heterocycles. The van der Waals surface area contributed by atoms with Crippen molar-refractivity contribution in [3.05, 3.63) is 59.7 Å². The molecule has 0 aliphatic rings. The maximum absolute atomic E-state index is 12.2. The van der Waals surface area contributed by atoms with Crippen LogP contribution < -0.4 is 9.47 Å². The molecule has 0 bridgehead atoms. The largest absolute Gasteiger partial charge is 0.494 e. The average molecular weight is 328 g/mol. The molecule has 0 saturated carbocycles. The third-order valence-corrected chi connectivity index (χ3v) is 3.02. The molecule has 0 fully saturated rings. The molecule has 0 amide bonds. The Morgan fingerprint density at radius 1 is 0.917 bits per heavy atom. The summed E-state index contributed by atoms with van der Waals surface area (Å²) in [6.07, 6.45) is -0.215. The molecule has 0 aromatic heterocycles. The van der Waals surface area contributed by atoms with E-state index >= 15 is 0 Å². The molecule has 0 N–H and O–H groups in total. The Bertz CT molecular complexity index is 704. The summed E-state index contributed by atoms with van der Waals surface area (Å²) in [6, 6.07) is 13.0. The molecule has 0 heterocycles. The standard InChI is InChI=1S/C19H20O5/c1-4-22-16-10-8-14(9-11-16)18(20)24-17-7-5-6-15(12-17)19(21)23-13(2)3/h5-13H,4H2,1-3H3. The van der Waals surface area contributed by atoms with Crippen LogP contribution >= 0.6 is 0 Å². The van der Waals surface area contributed by atoms with E-state index in [1.165, 1.54) is 6.07 Å². The first kappa shape index (κ1) is 17.5. The second kappa shape index (κ2) is 8.15. The van der Waals surface area contributed by atoms with Crippen molar-refractivity contribution in [1.29, 1.82) is 0 Å². The fourth-order valence-electron chi connectivity index (χ4n) is 1.99. The SMILES string of the molecule is CCOc1ccc(C(=O)Oc2cccc(C(=O)OC(C)C)c2)cc1. The highest BCUT2D eigenvalue weighted by atomic mass is 16.5. The van der Waals surface area contributed by atoms with E-state index in [0.717, 1.165) is 0 Å². The molecule has 24 heavy (non-hydrogen) atoms. The van der Waals surface area contributed by atoms with Crippen molar-refractivity contribution in [2.24, 2.45) is 0 Å². The second-order valence-electron chi connectivity index (χ2n) is 5.33. The predicted molar refractivity (Wildman–Crippen MR) is 89.6 cm³/mol. The van der Waals surface area contributed by atoms with Crippen LogP contribution in [-0.2, 0) is 4.74 Å². The Morgan fingerprint density at radius 2 is 1.62 bits per heavy atom. The zero-order valence-electron chi connectivity index (χ0n) is 13.9. The molecule has 0 unspecified atom stereocenters. The van der Waals surface area contributed by atoms with Crippen molar-refractivity contribution in [2.45, 2.75) is 26.9 Å². The smallest absolute Gasteiger partial charge is 0.343 e. The van der Waals surface area contributed by atoms with Crippen LogP contribution in [-0.4, -0.2) is 24.6 Å². The molecular weight excluding hydrogens is 308 g/mol. The number of hydrogen-bond acceptors (Lipinski definition) is 5. The van der Waals surface area contributed by atoms with E-state index < -0.39 is 11.9 Å². The van der Waals surface area contributed by atoms with Crippen LogP contribution in [0.3, 0.4) is 0 Å². The molecule has 0 aliphatic heterocycles. The lowest BCUT2D eigenvalue weighted by molar-refractivity contribution is 0.0376. The van der Waals surface area contributed by atoms with Crippen molar-refractivity contribution in [3.8, 4) is 11.5 Å². The maximum Gasteiger partial charge on any atom is 0.343 e. The van der Waals surface area contributed by atoms with E-state index in [-0.39, 0.29) is 11.9 Å². The van der Waals surface area contributed by atoms with Crippen LogP contribution in [0, 0.1) is 0 Å². The minimum Gasteiger partial charge on any atom is -0.494 e. The molecule has 0 aliphatic carbocycles. The van der Waals surface area contributed by atoms with Crippen molar-refractivity contribution in [1.82, 2.24) is 0 Å². The summed E-state index contributed by atoms with van der Waals surface area (Å²) in [5.41, 5.74) is 0.731. The summed E-state index contributed by atoms with van der Waals surface area (Å²) in [5.74, 6) is 0.0101. The van der Waals surface area contributed by atoms with Gasteiger partial charge < -0.3 is 14.2 Å². The van der Waals surface area contributed by atoms with Crippen molar-refractivity contribution >= 4 is 11.9 Å². The zero-order chi connectivity index (χ0) is 17.5. The topological polar surface area (TPSA) is 61.8 Å². The van der Waals surface area contributed by atoms with E-state index in [1.807, 2.05) is 6.92 Å². The van der Waals surface area contributed by atoms with Gasteiger partial charge in [-0.15, -0.1) is 0 Å². The van der Waals surface area contributed by atoms with E-state index in [0.29, 0.717) is 23.5 Å². The normalized spacial score (nSPS) is 10.3. The number of esters is 2. The van der Waals surface area contributed by atoms with Crippen LogP contribution in [0.1, 0.15) is 41.5 Å². The molecule has 0 atom stereocenters. The van der Waals surface area contributed by atoms with Gasteiger partial charge in [0.2, 0.25) is 0 Å². The van der Waals surface area contributed by atoms with Crippen molar-refractivity contribution in [3.63, 3.8) is 0 Å². The first-order chi connectivity index (χ1) is 11.5. The van der Waals surface area contributed by atoms with Crippen molar-refractivity contribution < 1.29 is 23.8 Å². The first-order valence-electron chi connectivity index (χ1n) is 7.75. The monoisotopic (exact) mass is 328 g/mol. The molecule has 2 rings (SSSR count). The molecule has 5 nitrogen and oxygen atoms in total. The molecular formula is C19H20O5. The number of rotatable bonds is 6. The highest BCUT2D eigenvalue weighted by Gasteiger charge is 2.13. The van der Waals surface area contributed by atoms with Gasteiger partial charge in [-0.2, -0.15) is 0 Å². The predicted octanol–water partition coefficient (Wildman–Crippen LogP) is 3.87. The fraction of sp³-hybridized carbons (Fsp3) is 0.263. The second-order valence-corrected chi connectivity index (χ2v) is 5.33. The van der Waals surface area contributed by atoms with Gasteiger partial charge in [0.05, 0.1) is 23.8 Å². The third kappa shape index (κ3) is 4.84. The molecule has 0 radical (unpaired) electrons. The molecule has 5 heteroatoms. The highest BCUT2D eigenvalue weighted by molar-refractivity contribution is 5.92. The number of hydrogen-bond donors (Lipinski definition) is 0. The Balaban J connectivity index is 2.07. The van der Waals surface area contributed by atoms with Gasteiger partial charge in [-0.25, -0.2) is 9.59 Å². The number of ether oxygens (including phenoxy) is 3. The van der Waals surface area contributed by atoms with Gasteiger partial charge in [-0.05, 0) is 63.2 Å². The van der Waals surface area contributed by atoms with Gasteiger partial charge in [0.15, 0.2) is 0 Å².